The molecule has 8 heteroatoms. The van der Waals surface area contributed by atoms with Gasteiger partial charge in [0.05, 0.1) is 11.3 Å². The molecule has 0 saturated carbocycles. The summed E-state index contributed by atoms with van der Waals surface area (Å²) in [5.41, 5.74) is 3.21. The average molecular weight is 467 g/mol. The van der Waals surface area contributed by atoms with Gasteiger partial charge in [-0.25, -0.2) is 4.68 Å². The number of nitrogens with zero attached hydrogens (tertiary/aromatic N) is 2. The number of para-hydroxylation sites is 1. The maximum atomic E-state index is 13.1. The van der Waals surface area contributed by atoms with Crippen molar-refractivity contribution in [3.8, 4) is 16.9 Å². The zero-order chi connectivity index (χ0) is 21.8. The van der Waals surface area contributed by atoms with E-state index in [9.17, 15) is 4.79 Å². The van der Waals surface area contributed by atoms with E-state index < -0.39 is 0 Å². The van der Waals surface area contributed by atoms with Gasteiger partial charge in [0.2, 0.25) is 0 Å². The Kier molecular flexibility index (Phi) is 6.32. The van der Waals surface area contributed by atoms with Crippen LogP contribution in [0, 0.1) is 0 Å². The summed E-state index contributed by atoms with van der Waals surface area (Å²) in [6.45, 7) is 0. The van der Waals surface area contributed by atoms with Crippen LogP contribution in [0.25, 0.3) is 16.9 Å². The second-order valence-electron chi connectivity index (χ2n) is 6.59. The standard InChI is InChI=1S/C23H16Cl2N4OS/c24-16-8-6-15(7-9-16)21-20(14-29(28-21)19-4-2-1-3-5-19)22(30)27-23(31)26-18-12-10-17(25)11-13-18/h1-14H,(H2,26,27,30,31). The molecule has 4 rings (SSSR count). The van der Waals surface area contributed by atoms with Gasteiger partial charge in [0.25, 0.3) is 5.91 Å². The molecule has 1 aromatic heterocycles. The normalized spacial score (nSPS) is 10.5. The Morgan fingerprint density at radius 3 is 2.13 bits per heavy atom. The smallest absolute Gasteiger partial charge is 0.261 e. The molecule has 1 amide bonds. The molecule has 0 bridgehead atoms. The van der Waals surface area contributed by atoms with E-state index in [4.69, 9.17) is 35.4 Å². The Labute approximate surface area is 194 Å². The minimum Gasteiger partial charge on any atom is -0.332 e. The van der Waals surface area contributed by atoms with E-state index in [0.29, 0.717) is 27.0 Å². The van der Waals surface area contributed by atoms with Crippen LogP contribution >= 0.6 is 35.4 Å². The fraction of sp³-hybridized carbons (Fsp3) is 0. The van der Waals surface area contributed by atoms with Crippen molar-refractivity contribution in [2.75, 3.05) is 5.32 Å². The van der Waals surface area contributed by atoms with Gasteiger partial charge in [0, 0.05) is 27.5 Å². The summed E-state index contributed by atoms with van der Waals surface area (Å²) in [7, 11) is 0. The number of amides is 1. The molecular formula is C23H16Cl2N4OS. The van der Waals surface area contributed by atoms with Crippen LogP contribution in [0.1, 0.15) is 10.4 Å². The van der Waals surface area contributed by atoms with E-state index in [1.54, 1.807) is 47.3 Å². The number of carbonyl (C=O) groups excluding carboxylic acids is 1. The van der Waals surface area contributed by atoms with Gasteiger partial charge >= 0.3 is 0 Å². The highest BCUT2D eigenvalue weighted by atomic mass is 35.5. The highest BCUT2D eigenvalue weighted by Gasteiger charge is 2.19. The molecule has 0 aliphatic rings. The molecule has 4 aromatic rings. The van der Waals surface area contributed by atoms with Gasteiger partial charge in [-0.05, 0) is 60.7 Å². The topological polar surface area (TPSA) is 59.0 Å². The van der Waals surface area contributed by atoms with Crippen molar-refractivity contribution >= 4 is 52.1 Å². The molecule has 1 heterocycles. The number of halogens is 2. The van der Waals surface area contributed by atoms with Gasteiger partial charge in [-0.3, -0.25) is 10.1 Å². The number of anilines is 1. The number of carbonyl (C=O) groups is 1. The van der Waals surface area contributed by atoms with Crippen molar-refractivity contribution in [1.82, 2.24) is 15.1 Å². The maximum absolute atomic E-state index is 13.1. The van der Waals surface area contributed by atoms with Crippen molar-refractivity contribution in [3.05, 3.63) is 101 Å². The van der Waals surface area contributed by atoms with Crippen LogP contribution in [0.15, 0.2) is 85.1 Å². The number of hydrogen-bond acceptors (Lipinski definition) is 3. The summed E-state index contributed by atoms with van der Waals surface area (Å²) in [5, 5.41) is 11.7. The molecule has 0 radical (unpaired) electrons. The highest BCUT2D eigenvalue weighted by Crippen LogP contribution is 2.25. The second-order valence-corrected chi connectivity index (χ2v) is 7.87. The van der Waals surface area contributed by atoms with Gasteiger partial charge in [0.15, 0.2) is 5.11 Å². The quantitative estimate of drug-likeness (QED) is 0.363. The fourth-order valence-electron chi connectivity index (χ4n) is 2.94. The lowest BCUT2D eigenvalue weighted by atomic mass is 10.1. The van der Waals surface area contributed by atoms with Gasteiger partial charge in [-0.1, -0.05) is 53.5 Å². The van der Waals surface area contributed by atoms with E-state index in [0.717, 1.165) is 11.3 Å². The number of thiocarbonyl (C=S) groups is 1. The molecule has 0 atom stereocenters. The van der Waals surface area contributed by atoms with Crippen LogP contribution in [0.5, 0.6) is 0 Å². The van der Waals surface area contributed by atoms with Crippen LogP contribution in [0.2, 0.25) is 10.0 Å². The van der Waals surface area contributed by atoms with Gasteiger partial charge in [-0.2, -0.15) is 5.10 Å². The molecule has 0 spiro atoms. The SMILES string of the molecule is O=C(NC(=S)Nc1ccc(Cl)cc1)c1cn(-c2ccccc2)nc1-c1ccc(Cl)cc1. The molecular weight excluding hydrogens is 451 g/mol. The minimum atomic E-state index is -0.376. The third-order valence-electron chi connectivity index (χ3n) is 4.43. The summed E-state index contributed by atoms with van der Waals surface area (Å²) >= 11 is 17.2. The summed E-state index contributed by atoms with van der Waals surface area (Å²) in [6, 6.07) is 23.7. The molecule has 0 aliphatic heterocycles. The van der Waals surface area contributed by atoms with Crippen LogP contribution in [-0.2, 0) is 0 Å². The number of rotatable bonds is 4. The Balaban J connectivity index is 1.62. The number of hydrogen-bond donors (Lipinski definition) is 2. The highest BCUT2D eigenvalue weighted by molar-refractivity contribution is 7.80. The molecule has 5 nitrogen and oxygen atoms in total. The van der Waals surface area contributed by atoms with Gasteiger partial charge < -0.3 is 5.32 Å². The van der Waals surface area contributed by atoms with Crippen LogP contribution in [-0.4, -0.2) is 20.8 Å². The second kappa shape index (κ2) is 9.31. The lowest BCUT2D eigenvalue weighted by molar-refractivity contribution is 0.0978. The summed E-state index contributed by atoms with van der Waals surface area (Å²) in [4.78, 5) is 13.1. The maximum Gasteiger partial charge on any atom is 0.261 e. The third-order valence-corrected chi connectivity index (χ3v) is 5.13. The van der Waals surface area contributed by atoms with Gasteiger partial charge in [0.1, 0.15) is 5.69 Å². The first kappa shape index (κ1) is 21.1. The van der Waals surface area contributed by atoms with Crippen molar-refractivity contribution in [2.24, 2.45) is 0 Å². The summed E-state index contributed by atoms with van der Waals surface area (Å²) < 4.78 is 1.66. The zero-order valence-corrected chi connectivity index (χ0v) is 18.4. The lowest BCUT2D eigenvalue weighted by Gasteiger charge is -2.09. The summed E-state index contributed by atoms with van der Waals surface area (Å²) in [6.07, 6.45) is 1.68. The first-order chi connectivity index (χ1) is 15.0. The van der Waals surface area contributed by atoms with Crippen molar-refractivity contribution in [1.29, 1.82) is 0 Å². The molecule has 0 unspecified atom stereocenters. The average Bonchev–Trinajstić information content (AvgIpc) is 3.22. The molecule has 154 valence electrons. The predicted molar refractivity (Wildman–Crippen MR) is 129 cm³/mol. The number of aromatic nitrogens is 2. The molecule has 0 saturated heterocycles. The van der Waals surface area contributed by atoms with Crippen LogP contribution in [0.3, 0.4) is 0 Å². The van der Waals surface area contributed by atoms with Crippen molar-refractivity contribution in [2.45, 2.75) is 0 Å². The van der Waals surface area contributed by atoms with Crippen LogP contribution < -0.4 is 10.6 Å². The monoisotopic (exact) mass is 466 g/mol. The lowest BCUT2D eigenvalue weighted by Crippen LogP contribution is -2.34. The van der Waals surface area contributed by atoms with E-state index in [1.807, 2.05) is 42.5 Å². The molecule has 2 N–H and O–H groups in total. The summed E-state index contributed by atoms with van der Waals surface area (Å²) in [5.74, 6) is -0.376. The Hall–Kier alpha value is -3.19. The van der Waals surface area contributed by atoms with Gasteiger partial charge in [-0.15, -0.1) is 0 Å². The molecule has 31 heavy (non-hydrogen) atoms. The van der Waals surface area contributed by atoms with E-state index in [1.165, 1.54) is 0 Å². The fourth-order valence-corrected chi connectivity index (χ4v) is 3.40. The van der Waals surface area contributed by atoms with E-state index in [2.05, 4.69) is 15.7 Å². The molecule has 0 fully saturated rings. The first-order valence-corrected chi connectivity index (χ1v) is 10.4. The number of nitrogens with one attached hydrogen (secondary N) is 2. The largest absolute Gasteiger partial charge is 0.332 e. The molecule has 3 aromatic carbocycles. The zero-order valence-electron chi connectivity index (χ0n) is 16.0. The Morgan fingerprint density at radius 1 is 0.871 bits per heavy atom. The Morgan fingerprint density at radius 2 is 1.48 bits per heavy atom. The van der Waals surface area contributed by atoms with E-state index in [-0.39, 0.29) is 11.0 Å². The first-order valence-electron chi connectivity index (χ1n) is 9.28. The third kappa shape index (κ3) is 5.11. The van der Waals surface area contributed by atoms with Crippen molar-refractivity contribution in [3.63, 3.8) is 0 Å². The van der Waals surface area contributed by atoms with Crippen LogP contribution in [0.4, 0.5) is 5.69 Å². The Bertz CT molecular complexity index is 1220. The minimum absolute atomic E-state index is 0.168. The predicted octanol–water partition coefficient (Wildman–Crippen LogP) is 5.97. The number of benzene rings is 3. The van der Waals surface area contributed by atoms with E-state index >= 15 is 0 Å². The molecule has 0 aliphatic carbocycles. The van der Waals surface area contributed by atoms with Crippen molar-refractivity contribution < 1.29 is 4.79 Å².